The van der Waals surface area contributed by atoms with E-state index in [1.54, 1.807) is 12.1 Å². The molecule has 0 aromatic heterocycles. The van der Waals surface area contributed by atoms with Gasteiger partial charge in [-0.2, -0.15) is 0 Å². The zero-order chi connectivity index (χ0) is 11.0. The lowest BCUT2D eigenvalue weighted by Gasteiger charge is -2.10. The van der Waals surface area contributed by atoms with Gasteiger partial charge in [-0.1, -0.05) is 0 Å². The fourth-order valence-electron chi connectivity index (χ4n) is 1.42. The molecule has 0 saturated carbocycles. The van der Waals surface area contributed by atoms with Crippen molar-refractivity contribution in [1.29, 1.82) is 0 Å². The maximum atomic E-state index is 10.4. The van der Waals surface area contributed by atoms with Crippen molar-refractivity contribution in [3.8, 4) is 5.75 Å². The molecule has 1 heterocycles. The van der Waals surface area contributed by atoms with Crippen molar-refractivity contribution in [2.24, 2.45) is 0 Å². The number of carboxylic acids is 1. The molecule has 0 aliphatic carbocycles. The van der Waals surface area contributed by atoms with Gasteiger partial charge in [0, 0.05) is 18.5 Å². The highest BCUT2D eigenvalue weighted by Gasteiger charge is 2.22. The van der Waals surface area contributed by atoms with Crippen LogP contribution in [0.3, 0.4) is 0 Å². The topological polar surface area (TPSA) is 113 Å². The van der Waals surface area contributed by atoms with Gasteiger partial charge < -0.3 is 31.4 Å². The van der Waals surface area contributed by atoms with Gasteiger partial charge in [-0.05, 0) is 6.07 Å². The number of ether oxygens (including phenoxy) is 1. The first kappa shape index (κ1) is 9.45. The first-order chi connectivity index (χ1) is 7.06. The number of rotatable bonds is 2. The Morgan fingerprint density at radius 2 is 2.13 bits per heavy atom. The van der Waals surface area contributed by atoms with Crippen molar-refractivity contribution in [1.82, 2.24) is 0 Å². The van der Waals surface area contributed by atoms with Gasteiger partial charge >= 0.3 is 0 Å². The maximum absolute atomic E-state index is 10.4. The molecule has 6 heteroatoms. The van der Waals surface area contributed by atoms with Crippen LogP contribution < -0.4 is 26.6 Å². The van der Waals surface area contributed by atoms with Crippen LogP contribution in [0.15, 0.2) is 12.1 Å². The lowest BCUT2D eigenvalue weighted by atomic mass is 10.2. The van der Waals surface area contributed by atoms with E-state index in [9.17, 15) is 9.90 Å². The molecule has 0 fully saturated rings. The number of benzene rings is 1. The second-order valence-corrected chi connectivity index (χ2v) is 3.30. The van der Waals surface area contributed by atoms with E-state index in [1.165, 1.54) is 0 Å². The van der Waals surface area contributed by atoms with Crippen LogP contribution in [0.2, 0.25) is 0 Å². The third kappa shape index (κ3) is 1.74. The standard InChI is InChI=1S/C9H11N3O3/c10-4-1-6-7(2-5(4)11)15-8(12-6)3-9(13)14/h1-2,8,12H,3,10-11H2,(H,13,14)/p-1. The lowest BCUT2D eigenvalue weighted by Crippen LogP contribution is -2.32. The van der Waals surface area contributed by atoms with Gasteiger partial charge in [-0.25, -0.2) is 0 Å². The second-order valence-electron chi connectivity index (χ2n) is 3.30. The Balaban J connectivity index is 2.20. The van der Waals surface area contributed by atoms with Crippen LogP contribution in [0.1, 0.15) is 6.42 Å². The third-order valence-corrected chi connectivity index (χ3v) is 2.12. The Bertz CT molecular complexity index is 388. The van der Waals surface area contributed by atoms with Crippen molar-refractivity contribution in [3.63, 3.8) is 0 Å². The van der Waals surface area contributed by atoms with E-state index < -0.39 is 12.2 Å². The van der Waals surface area contributed by atoms with Crippen LogP contribution >= 0.6 is 0 Å². The Labute approximate surface area is 85.8 Å². The van der Waals surface area contributed by atoms with Gasteiger partial charge in [0.15, 0.2) is 6.23 Å². The summed E-state index contributed by atoms with van der Waals surface area (Å²) in [6.07, 6.45) is -0.847. The first-order valence-corrected chi connectivity index (χ1v) is 4.38. The Morgan fingerprint density at radius 3 is 2.80 bits per heavy atom. The maximum Gasteiger partial charge on any atom is 0.175 e. The normalized spacial score (nSPS) is 17.7. The Morgan fingerprint density at radius 1 is 1.47 bits per heavy atom. The fourth-order valence-corrected chi connectivity index (χ4v) is 1.42. The van der Waals surface area contributed by atoms with E-state index >= 15 is 0 Å². The summed E-state index contributed by atoms with van der Waals surface area (Å²) in [5.41, 5.74) is 12.7. The summed E-state index contributed by atoms with van der Waals surface area (Å²) in [5.74, 6) is -0.672. The average molecular weight is 208 g/mol. The monoisotopic (exact) mass is 208 g/mol. The average Bonchev–Trinajstić information content (AvgIpc) is 2.46. The molecule has 6 nitrogen and oxygen atoms in total. The zero-order valence-electron chi connectivity index (χ0n) is 7.82. The fraction of sp³-hybridized carbons (Fsp3) is 0.222. The molecule has 5 N–H and O–H groups in total. The number of nitrogens with two attached hydrogens (primary N) is 2. The summed E-state index contributed by atoms with van der Waals surface area (Å²) in [4.78, 5) is 10.4. The summed E-state index contributed by atoms with van der Waals surface area (Å²) in [7, 11) is 0. The summed E-state index contributed by atoms with van der Waals surface area (Å²) < 4.78 is 5.29. The third-order valence-electron chi connectivity index (χ3n) is 2.12. The molecular formula is C9H10N3O3-. The Hall–Kier alpha value is -2.11. The number of aliphatic carboxylic acids is 1. The van der Waals surface area contributed by atoms with Crippen molar-refractivity contribution >= 4 is 23.0 Å². The van der Waals surface area contributed by atoms with Crippen LogP contribution in [-0.2, 0) is 4.79 Å². The largest absolute Gasteiger partial charge is 0.550 e. The summed E-state index contributed by atoms with van der Waals surface area (Å²) in [5, 5.41) is 13.2. The van der Waals surface area contributed by atoms with Gasteiger partial charge in [0.05, 0.1) is 17.1 Å². The van der Waals surface area contributed by atoms with Crippen molar-refractivity contribution in [2.45, 2.75) is 12.6 Å². The van der Waals surface area contributed by atoms with Gasteiger partial charge in [-0.3, -0.25) is 0 Å². The minimum absolute atomic E-state index is 0.228. The number of nitrogens with one attached hydrogen (secondary N) is 1. The molecule has 0 bridgehead atoms. The van der Waals surface area contributed by atoms with E-state index in [1.807, 2.05) is 0 Å². The lowest BCUT2D eigenvalue weighted by molar-refractivity contribution is -0.306. The number of carboxylic acid groups (broad SMARTS) is 1. The highest BCUT2D eigenvalue weighted by Crippen LogP contribution is 2.37. The summed E-state index contributed by atoms with van der Waals surface area (Å²) in [6.45, 7) is 0. The van der Waals surface area contributed by atoms with E-state index in [0.29, 0.717) is 22.8 Å². The molecule has 0 amide bonds. The molecule has 1 atom stereocenters. The van der Waals surface area contributed by atoms with Crippen LogP contribution in [0.4, 0.5) is 17.1 Å². The quantitative estimate of drug-likeness (QED) is 0.544. The number of hydrogen-bond donors (Lipinski definition) is 3. The smallest absolute Gasteiger partial charge is 0.175 e. The van der Waals surface area contributed by atoms with Crippen LogP contribution in [0, 0.1) is 0 Å². The number of carbonyl (C=O) groups excluding carboxylic acids is 1. The van der Waals surface area contributed by atoms with Gasteiger partial charge in [0.1, 0.15) is 5.75 Å². The number of nitrogen functional groups attached to an aromatic ring is 2. The van der Waals surface area contributed by atoms with Crippen LogP contribution in [0.25, 0.3) is 0 Å². The minimum Gasteiger partial charge on any atom is -0.550 e. The summed E-state index contributed by atoms with van der Waals surface area (Å²) >= 11 is 0. The predicted octanol–water partition coefficient (Wildman–Crippen LogP) is -0.879. The molecule has 0 saturated heterocycles. The molecule has 1 aliphatic rings. The second kappa shape index (κ2) is 3.23. The molecule has 2 rings (SSSR count). The molecule has 1 unspecified atom stereocenters. The van der Waals surface area contributed by atoms with Crippen molar-refractivity contribution < 1.29 is 14.6 Å². The minimum atomic E-state index is -1.18. The number of hydrogen-bond acceptors (Lipinski definition) is 6. The van der Waals surface area contributed by atoms with Gasteiger partial charge in [0.25, 0.3) is 0 Å². The van der Waals surface area contributed by atoms with Crippen molar-refractivity contribution in [2.75, 3.05) is 16.8 Å². The van der Waals surface area contributed by atoms with Crippen molar-refractivity contribution in [3.05, 3.63) is 12.1 Å². The highest BCUT2D eigenvalue weighted by atomic mass is 16.5. The Kier molecular flexibility index (Phi) is 2.03. The van der Waals surface area contributed by atoms with E-state index in [2.05, 4.69) is 5.32 Å². The molecule has 1 aromatic carbocycles. The molecule has 80 valence electrons. The molecule has 1 aromatic rings. The van der Waals surface area contributed by atoms with Gasteiger partial charge in [-0.15, -0.1) is 0 Å². The van der Waals surface area contributed by atoms with E-state index in [-0.39, 0.29) is 6.42 Å². The number of carbonyl (C=O) groups is 1. The molecule has 1 aliphatic heterocycles. The molecule has 0 spiro atoms. The summed E-state index contributed by atoms with van der Waals surface area (Å²) in [6, 6.07) is 3.17. The molecule has 0 radical (unpaired) electrons. The molecular weight excluding hydrogens is 198 g/mol. The van der Waals surface area contributed by atoms with Crippen LogP contribution in [0.5, 0.6) is 5.75 Å². The number of anilines is 3. The van der Waals surface area contributed by atoms with E-state index in [4.69, 9.17) is 16.2 Å². The SMILES string of the molecule is Nc1cc2c(cc1N)OC(CC(=O)[O-])N2. The zero-order valence-corrected chi connectivity index (χ0v) is 7.82. The number of fused-ring (bicyclic) bond motifs is 1. The predicted molar refractivity (Wildman–Crippen MR) is 52.9 cm³/mol. The van der Waals surface area contributed by atoms with Gasteiger partial charge in [0.2, 0.25) is 0 Å². The highest BCUT2D eigenvalue weighted by molar-refractivity contribution is 5.77. The first-order valence-electron chi connectivity index (χ1n) is 4.38. The molecule has 15 heavy (non-hydrogen) atoms. The van der Waals surface area contributed by atoms with Crippen LogP contribution in [-0.4, -0.2) is 12.2 Å². The van der Waals surface area contributed by atoms with E-state index in [0.717, 1.165) is 0 Å².